The van der Waals surface area contributed by atoms with Crippen molar-refractivity contribution in [2.75, 3.05) is 18.0 Å². The van der Waals surface area contributed by atoms with Gasteiger partial charge in [-0.1, -0.05) is 13.8 Å². The van der Waals surface area contributed by atoms with Crippen LogP contribution >= 0.6 is 23.1 Å². The highest BCUT2D eigenvalue weighted by Gasteiger charge is 2.24. The molecule has 100 valence electrons. The molecule has 3 nitrogen and oxygen atoms in total. The molecule has 2 fully saturated rings. The average molecular weight is 283 g/mol. The monoisotopic (exact) mass is 283 g/mol. The van der Waals surface area contributed by atoms with Crippen LogP contribution in [-0.4, -0.2) is 34.6 Å². The minimum absolute atomic E-state index is 0.714. The van der Waals surface area contributed by atoms with Crippen molar-refractivity contribution >= 4 is 28.2 Å². The summed E-state index contributed by atoms with van der Waals surface area (Å²) in [6.45, 7) is 7.85. The van der Waals surface area contributed by atoms with Crippen molar-refractivity contribution in [2.24, 2.45) is 0 Å². The molecular weight excluding hydrogens is 262 g/mol. The van der Waals surface area contributed by atoms with Gasteiger partial charge >= 0.3 is 0 Å². The first-order chi connectivity index (χ1) is 8.70. The van der Waals surface area contributed by atoms with Crippen molar-refractivity contribution < 1.29 is 0 Å². The topological polar surface area (TPSA) is 28.2 Å². The van der Waals surface area contributed by atoms with Crippen LogP contribution in [0.5, 0.6) is 0 Å². The molecule has 1 aromatic rings. The molecule has 0 amide bonds. The highest BCUT2D eigenvalue weighted by Crippen LogP contribution is 2.30. The second kappa shape index (κ2) is 5.39. The van der Waals surface area contributed by atoms with Crippen molar-refractivity contribution in [3.05, 3.63) is 11.1 Å². The largest absolute Gasteiger partial charge is 0.346 e. The molecular formula is C13H21N3S2. The number of thiazole rings is 1. The summed E-state index contributed by atoms with van der Waals surface area (Å²) in [6, 6.07) is 0.765. The van der Waals surface area contributed by atoms with E-state index in [9.17, 15) is 0 Å². The number of hydrogen-bond acceptors (Lipinski definition) is 5. The van der Waals surface area contributed by atoms with Gasteiger partial charge in [-0.2, -0.15) is 11.8 Å². The summed E-state index contributed by atoms with van der Waals surface area (Å²) >= 11 is 3.89. The maximum atomic E-state index is 4.78. The van der Waals surface area contributed by atoms with Gasteiger partial charge in [0.2, 0.25) is 0 Å². The van der Waals surface area contributed by atoms with Crippen LogP contribution in [0.2, 0.25) is 0 Å². The lowest BCUT2D eigenvalue weighted by atomic mass is 10.3. The van der Waals surface area contributed by atoms with E-state index in [1.807, 2.05) is 0 Å². The van der Waals surface area contributed by atoms with Crippen LogP contribution in [0.15, 0.2) is 5.38 Å². The fraction of sp³-hybridized carbons (Fsp3) is 0.769. The predicted molar refractivity (Wildman–Crippen MR) is 80.7 cm³/mol. The van der Waals surface area contributed by atoms with Gasteiger partial charge in [0.25, 0.3) is 0 Å². The number of rotatable bonds is 4. The average Bonchev–Trinajstić information content (AvgIpc) is 3.02. The number of nitrogens with zero attached hydrogens (tertiary/aromatic N) is 2. The Morgan fingerprint density at radius 1 is 1.33 bits per heavy atom. The zero-order valence-electron chi connectivity index (χ0n) is 11.1. The molecule has 0 bridgehead atoms. The van der Waals surface area contributed by atoms with Crippen LogP contribution in [0, 0.1) is 0 Å². The maximum Gasteiger partial charge on any atom is 0.185 e. The van der Waals surface area contributed by atoms with Gasteiger partial charge in [-0.25, -0.2) is 4.98 Å². The third-order valence-corrected chi connectivity index (χ3v) is 5.56. The Bertz CT molecular complexity index is 393. The summed E-state index contributed by atoms with van der Waals surface area (Å²) < 4.78 is 0. The van der Waals surface area contributed by atoms with Gasteiger partial charge in [-0.3, -0.25) is 0 Å². The molecule has 0 radical (unpaired) electrons. The van der Waals surface area contributed by atoms with E-state index in [1.165, 1.54) is 23.7 Å². The molecule has 0 spiro atoms. The second-order valence-electron chi connectivity index (χ2n) is 5.44. The molecule has 1 saturated carbocycles. The van der Waals surface area contributed by atoms with E-state index in [1.54, 1.807) is 11.3 Å². The van der Waals surface area contributed by atoms with Crippen LogP contribution in [0.3, 0.4) is 0 Å². The molecule has 2 unspecified atom stereocenters. The molecule has 3 rings (SSSR count). The minimum Gasteiger partial charge on any atom is -0.346 e. The van der Waals surface area contributed by atoms with Gasteiger partial charge in [-0.05, 0) is 12.8 Å². The lowest BCUT2D eigenvalue weighted by Gasteiger charge is -2.34. The van der Waals surface area contributed by atoms with Crippen molar-refractivity contribution in [1.82, 2.24) is 10.3 Å². The Morgan fingerprint density at radius 3 is 2.72 bits per heavy atom. The Balaban J connectivity index is 1.60. The van der Waals surface area contributed by atoms with Gasteiger partial charge in [0.15, 0.2) is 5.13 Å². The third-order valence-electron chi connectivity index (χ3n) is 3.38. The van der Waals surface area contributed by atoms with Crippen LogP contribution in [0.1, 0.15) is 32.4 Å². The molecule has 1 saturated heterocycles. The molecule has 1 N–H and O–H groups in total. The molecule has 2 aliphatic rings. The number of aromatic nitrogens is 1. The molecule has 2 heterocycles. The quantitative estimate of drug-likeness (QED) is 0.919. The normalized spacial score (nSPS) is 28.7. The van der Waals surface area contributed by atoms with Crippen molar-refractivity contribution in [1.29, 1.82) is 0 Å². The number of nitrogens with one attached hydrogen (secondary N) is 1. The zero-order chi connectivity index (χ0) is 12.5. The first-order valence-electron chi connectivity index (χ1n) is 6.79. The fourth-order valence-electron chi connectivity index (χ4n) is 2.39. The van der Waals surface area contributed by atoms with Gasteiger partial charge in [0.1, 0.15) is 0 Å². The third kappa shape index (κ3) is 3.19. The SMILES string of the molecule is CC1CN(c2nc(CNC3CC3)cs2)CC(C)S1. The Morgan fingerprint density at radius 2 is 2.06 bits per heavy atom. The smallest absolute Gasteiger partial charge is 0.185 e. The van der Waals surface area contributed by atoms with Crippen molar-refractivity contribution in [2.45, 2.75) is 49.8 Å². The first kappa shape index (κ1) is 12.8. The fourth-order valence-corrected chi connectivity index (χ4v) is 4.56. The zero-order valence-corrected chi connectivity index (χ0v) is 12.7. The Kier molecular flexibility index (Phi) is 3.82. The summed E-state index contributed by atoms with van der Waals surface area (Å²) in [5.41, 5.74) is 1.21. The van der Waals surface area contributed by atoms with E-state index in [0.717, 1.165) is 25.7 Å². The van der Waals surface area contributed by atoms with E-state index in [4.69, 9.17) is 4.98 Å². The maximum absolute atomic E-state index is 4.78. The van der Waals surface area contributed by atoms with Crippen molar-refractivity contribution in [3.63, 3.8) is 0 Å². The molecule has 0 aromatic carbocycles. The molecule has 1 aliphatic heterocycles. The lowest BCUT2D eigenvalue weighted by Crippen LogP contribution is -2.40. The van der Waals surface area contributed by atoms with E-state index in [2.05, 4.69) is 41.2 Å². The van der Waals surface area contributed by atoms with E-state index in [-0.39, 0.29) is 0 Å². The van der Waals surface area contributed by atoms with Crippen LogP contribution in [0.4, 0.5) is 5.13 Å². The van der Waals surface area contributed by atoms with Crippen LogP contribution < -0.4 is 10.2 Å². The minimum atomic E-state index is 0.714. The van der Waals surface area contributed by atoms with Gasteiger partial charge in [0.05, 0.1) is 5.69 Å². The first-order valence-corrected chi connectivity index (χ1v) is 8.61. The highest BCUT2D eigenvalue weighted by molar-refractivity contribution is 8.00. The summed E-state index contributed by atoms with van der Waals surface area (Å²) in [7, 11) is 0. The summed E-state index contributed by atoms with van der Waals surface area (Å²) in [4.78, 5) is 7.23. The highest BCUT2D eigenvalue weighted by atomic mass is 32.2. The molecule has 1 aliphatic carbocycles. The molecule has 5 heteroatoms. The van der Waals surface area contributed by atoms with Gasteiger partial charge in [0, 0.05) is 41.6 Å². The lowest BCUT2D eigenvalue weighted by molar-refractivity contribution is 0.673. The summed E-state index contributed by atoms with van der Waals surface area (Å²) in [5, 5.41) is 8.38. The Labute approximate surface area is 117 Å². The summed E-state index contributed by atoms with van der Waals surface area (Å²) in [5.74, 6) is 0. The summed E-state index contributed by atoms with van der Waals surface area (Å²) in [6.07, 6.45) is 2.69. The molecule has 2 atom stereocenters. The van der Waals surface area contributed by atoms with Gasteiger partial charge < -0.3 is 10.2 Å². The van der Waals surface area contributed by atoms with Crippen molar-refractivity contribution in [3.8, 4) is 0 Å². The van der Waals surface area contributed by atoms with E-state index < -0.39 is 0 Å². The van der Waals surface area contributed by atoms with Gasteiger partial charge in [-0.15, -0.1) is 11.3 Å². The number of anilines is 1. The predicted octanol–water partition coefficient (Wildman–Crippen LogP) is 2.73. The van der Waals surface area contributed by atoms with E-state index in [0.29, 0.717) is 10.5 Å². The van der Waals surface area contributed by atoms with Crippen LogP contribution in [0.25, 0.3) is 0 Å². The van der Waals surface area contributed by atoms with Crippen LogP contribution in [-0.2, 0) is 6.54 Å². The number of hydrogen-bond donors (Lipinski definition) is 1. The number of thioether (sulfide) groups is 1. The Hall–Kier alpha value is -0.260. The molecule has 1 aromatic heterocycles. The van der Waals surface area contributed by atoms with E-state index >= 15 is 0 Å². The second-order valence-corrected chi connectivity index (χ2v) is 8.16. The standard InChI is InChI=1S/C13H21N3S2/c1-9-6-16(7-10(2)18-9)13-15-12(8-17-13)5-14-11-3-4-11/h8-11,14H,3-7H2,1-2H3. The molecule has 18 heavy (non-hydrogen) atoms.